The summed E-state index contributed by atoms with van der Waals surface area (Å²) in [7, 11) is 0. The van der Waals surface area contributed by atoms with Gasteiger partial charge in [-0.2, -0.15) is 0 Å². The molecule has 1 unspecified atom stereocenters. The standard InChI is InChI=1S/C22H31N3O2/c26-21(25-14-12-17-7-4-5-11-20(17)25)16-24-13-6-8-18(15-24)22(27)23-19-9-2-1-3-10-19/h4-5,7,11,18-19H,1-3,6,8-10,12-16H2,(H,23,27). The molecule has 2 aliphatic heterocycles. The fourth-order valence-electron chi connectivity index (χ4n) is 4.85. The van der Waals surface area contributed by atoms with Crippen molar-refractivity contribution in [3.63, 3.8) is 0 Å². The lowest BCUT2D eigenvalue weighted by atomic mass is 9.93. The SMILES string of the molecule is O=C(NC1CCCCC1)C1CCCN(CC(=O)N2CCc3ccccc32)C1. The molecule has 1 atom stereocenters. The predicted octanol–water partition coefficient (Wildman–Crippen LogP) is 2.74. The number of benzene rings is 1. The number of nitrogens with one attached hydrogen (secondary N) is 1. The third-order valence-electron chi connectivity index (χ3n) is 6.37. The van der Waals surface area contributed by atoms with Crippen LogP contribution < -0.4 is 10.2 Å². The smallest absolute Gasteiger partial charge is 0.241 e. The number of para-hydroxylation sites is 1. The van der Waals surface area contributed by atoms with E-state index in [1.54, 1.807) is 0 Å². The van der Waals surface area contributed by atoms with E-state index < -0.39 is 0 Å². The molecule has 146 valence electrons. The summed E-state index contributed by atoms with van der Waals surface area (Å²) >= 11 is 0. The van der Waals surface area contributed by atoms with Gasteiger partial charge in [-0.15, -0.1) is 0 Å². The third kappa shape index (κ3) is 4.34. The van der Waals surface area contributed by atoms with E-state index in [2.05, 4.69) is 16.3 Å². The summed E-state index contributed by atoms with van der Waals surface area (Å²) in [4.78, 5) is 29.6. The zero-order valence-corrected chi connectivity index (χ0v) is 16.2. The van der Waals surface area contributed by atoms with Crippen molar-refractivity contribution in [2.45, 2.75) is 57.4 Å². The van der Waals surface area contributed by atoms with Crippen molar-refractivity contribution < 1.29 is 9.59 Å². The van der Waals surface area contributed by atoms with Crippen molar-refractivity contribution in [1.29, 1.82) is 0 Å². The first kappa shape index (κ1) is 18.5. The van der Waals surface area contributed by atoms with Gasteiger partial charge in [-0.3, -0.25) is 14.5 Å². The van der Waals surface area contributed by atoms with Crippen LogP contribution in [0.25, 0.3) is 0 Å². The number of carbonyl (C=O) groups excluding carboxylic acids is 2. The van der Waals surface area contributed by atoms with Gasteiger partial charge >= 0.3 is 0 Å². The van der Waals surface area contributed by atoms with E-state index in [-0.39, 0.29) is 17.7 Å². The van der Waals surface area contributed by atoms with Gasteiger partial charge in [-0.05, 0) is 50.3 Å². The van der Waals surface area contributed by atoms with E-state index in [1.165, 1.54) is 24.8 Å². The Hall–Kier alpha value is -1.88. The number of rotatable bonds is 4. The van der Waals surface area contributed by atoms with Gasteiger partial charge in [-0.1, -0.05) is 37.5 Å². The van der Waals surface area contributed by atoms with Crippen LogP contribution >= 0.6 is 0 Å². The van der Waals surface area contributed by atoms with Crippen LogP contribution in [-0.4, -0.2) is 48.9 Å². The van der Waals surface area contributed by atoms with E-state index in [0.717, 1.165) is 50.9 Å². The highest BCUT2D eigenvalue weighted by Gasteiger charge is 2.31. The Kier molecular flexibility index (Phi) is 5.77. The Balaban J connectivity index is 1.30. The molecule has 2 fully saturated rings. The molecule has 1 aromatic rings. The maximum absolute atomic E-state index is 12.9. The van der Waals surface area contributed by atoms with Crippen LogP contribution in [-0.2, 0) is 16.0 Å². The summed E-state index contributed by atoms with van der Waals surface area (Å²) < 4.78 is 0. The first-order valence-electron chi connectivity index (χ1n) is 10.6. The average Bonchev–Trinajstić information content (AvgIpc) is 3.13. The number of carbonyl (C=O) groups is 2. The molecular weight excluding hydrogens is 338 g/mol. The zero-order valence-electron chi connectivity index (χ0n) is 16.2. The molecule has 27 heavy (non-hydrogen) atoms. The number of amides is 2. The van der Waals surface area contributed by atoms with Crippen molar-refractivity contribution in [3.05, 3.63) is 29.8 Å². The molecule has 2 amide bonds. The molecule has 0 spiro atoms. The van der Waals surface area contributed by atoms with Gasteiger partial charge in [0.05, 0.1) is 12.5 Å². The Bertz CT molecular complexity index is 684. The second-order valence-electron chi connectivity index (χ2n) is 8.34. The molecule has 3 aliphatic rings. The topological polar surface area (TPSA) is 52.7 Å². The second-order valence-corrected chi connectivity index (χ2v) is 8.34. The van der Waals surface area contributed by atoms with E-state index in [4.69, 9.17) is 0 Å². The maximum Gasteiger partial charge on any atom is 0.241 e. The van der Waals surface area contributed by atoms with Gasteiger partial charge in [0.1, 0.15) is 0 Å². The van der Waals surface area contributed by atoms with Crippen molar-refractivity contribution >= 4 is 17.5 Å². The molecule has 1 saturated heterocycles. The number of hydrogen-bond acceptors (Lipinski definition) is 3. The quantitative estimate of drug-likeness (QED) is 0.888. The summed E-state index contributed by atoms with van der Waals surface area (Å²) in [5, 5.41) is 3.27. The minimum atomic E-state index is 0.0272. The highest BCUT2D eigenvalue weighted by molar-refractivity contribution is 5.96. The van der Waals surface area contributed by atoms with Gasteiger partial charge < -0.3 is 10.2 Å². The summed E-state index contributed by atoms with van der Waals surface area (Å²) in [6.45, 7) is 2.81. The largest absolute Gasteiger partial charge is 0.353 e. The van der Waals surface area contributed by atoms with Crippen LogP contribution in [0.1, 0.15) is 50.5 Å². The Morgan fingerprint density at radius 2 is 1.81 bits per heavy atom. The van der Waals surface area contributed by atoms with Crippen molar-refractivity contribution in [1.82, 2.24) is 10.2 Å². The van der Waals surface area contributed by atoms with Crippen LogP contribution in [0.4, 0.5) is 5.69 Å². The molecule has 0 bridgehead atoms. The molecule has 0 aromatic heterocycles. The second kappa shape index (κ2) is 8.42. The Morgan fingerprint density at radius 3 is 2.67 bits per heavy atom. The van der Waals surface area contributed by atoms with E-state index in [0.29, 0.717) is 19.1 Å². The number of hydrogen-bond donors (Lipinski definition) is 1. The van der Waals surface area contributed by atoms with Crippen molar-refractivity contribution in [2.75, 3.05) is 31.1 Å². The lowest BCUT2D eigenvalue weighted by molar-refractivity contribution is -0.129. The Morgan fingerprint density at radius 1 is 1.00 bits per heavy atom. The van der Waals surface area contributed by atoms with E-state index >= 15 is 0 Å². The summed E-state index contributed by atoms with van der Waals surface area (Å²) in [6, 6.07) is 8.54. The summed E-state index contributed by atoms with van der Waals surface area (Å²) in [6.07, 6.45) is 8.87. The van der Waals surface area contributed by atoms with Gasteiger partial charge in [0.25, 0.3) is 0 Å². The first-order valence-corrected chi connectivity index (χ1v) is 10.6. The lowest BCUT2D eigenvalue weighted by Gasteiger charge is -2.34. The normalized spacial score (nSPS) is 23.9. The molecule has 1 aromatic carbocycles. The number of fused-ring (bicyclic) bond motifs is 1. The molecule has 5 nitrogen and oxygen atoms in total. The molecule has 4 rings (SSSR count). The van der Waals surface area contributed by atoms with Crippen LogP contribution in [0.15, 0.2) is 24.3 Å². The number of piperidine rings is 1. The highest BCUT2D eigenvalue weighted by Crippen LogP contribution is 2.28. The summed E-state index contributed by atoms with van der Waals surface area (Å²) in [5.74, 6) is 0.387. The van der Waals surface area contributed by atoms with Crippen LogP contribution in [0.3, 0.4) is 0 Å². The monoisotopic (exact) mass is 369 g/mol. The maximum atomic E-state index is 12.9. The minimum Gasteiger partial charge on any atom is -0.353 e. The fraction of sp³-hybridized carbons (Fsp3) is 0.636. The number of nitrogens with zero attached hydrogens (tertiary/aromatic N) is 2. The molecular formula is C22H31N3O2. The fourth-order valence-corrected chi connectivity index (χ4v) is 4.85. The average molecular weight is 370 g/mol. The van der Waals surface area contributed by atoms with Crippen LogP contribution in [0.5, 0.6) is 0 Å². The number of anilines is 1. The molecule has 5 heteroatoms. The molecule has 1 aliphatic carbocycles. The third-order valence-corrected chi connectivity index (χ3v) is 6.37. The minimum absolute atomic E-state index is 0.0272. The zero-order chi connectivity index (χ0) is 18.6. The van der Waals surface area contributed by atoms with Gasteiger partial charge in [0.2, 0.25) is 11.8 Å². The van der Waals surface area contributed by atoms with Gasteiger partial charge in [-0.25, -0.2) is 0 Å². The van der Waals surface area contributed by atoms with E-state index in [9.17, 15) is 9.59 Å². The van der Waals surface area contributed by atoms with Crippen LogP contribution in [0, 0.1) is 5.92 Å². The van der Waals surface area contributed by atoms with Crippen molar-refractivity contribution in [3.8, 4) is 0 Å². The van der Waals surface area contributed by atoms with Crippen LogP contribution in [0.2, 0.25) is 0 Å². The summed E-state index contributed by atoms with van der Waals surface area (Å²) in [5.41, 5.74) is 2.32. The predicted molar refractivity (Wildman–Crippen MR) is 107 cm³/mol. The molecule has 0 radical (unpaired) electrons. The van der Waals surface area contributed by atoms with Gasteiger partial charge in [0, 0.05) is 24.8 Å². The van der Waals surface area contributed by atoms with Crippen molar-refractivity contribution in [2.24, 2.45) is 5.92 Å². The lowest BCUT2D eigenvalue weighted by Crippen LogP contribution is -2.49. The molecule has 1 N–H and O–H groups in total. The number of likely N-dealkylation sites (tertiary alicyclic amines) is 1. The van der Waals surface area contributed by atoms with Gasteiger partial charge in [0.15, 0.2) is 0 Å². The first-order chi connectivity index (χ1) is 13.2. The highest BCUT2D eigenvalue weighted by atomic mass is 16.2. The molecule has 1 saturated carbocycles. The molecule has 2 heterocycles. The van der Waals surface area contributed by atoms with E-state index in [1.807, 2.05) is 23.1 Å². The Labute approximate surface area is 162 Å².